The zero-order valence-corrected chi connectivity index (χ0v) is 11.9. The monoisotopic (exact) mass is 312 g/mol. The lowest BCUT2D eigenvalue weighted by molar-refractivity contribution is 0.112. The molecule has 0 aliphatic rings. The number of hydrogen-bond acceptors (Lipinski definition) is 2. The van der Waals surface area contributed by atoms with Gasteiger partial charge >= 0.3 is 0 Å². The summed E-state index contributed by atoms with van der Waals surface area (Å²) in [6.07, 6.45) is -0.0622. The van der Waals surface area contributed by atoms with Gasteiger partial charge in [-0.1, -0.05) is 29.8 Å². The Hall–Kier alpha value is -1.49. The molecule has 0 saturated carbocycles. The number of benzene rings is 2. The maximum absolute atomic E-state index is 14.0. The first-order valence-corrected chi connectivity index (χ1v) is 6.81. The molecule has 21 heavy (non-hydrogen) atoms. The topological polar surface area (TPSA) is 40.5 Å². The number of hydrogen-bond donors (Lipinski definition) is 2. The molecule has 2 N–H and O–H groups in total. The number of rotatable bonds is 5. The Labute approximate surface area is 126 Å². The van der Waals surface area contributed by atoms with E-state index in [0.29, 0.717) is 5.02 Å². The van der Waals surface area contributed by atoms with Gasteiger partial charge in [0.1, 0.15) is 11.6 Å². The fraction of sp³-hybridized carbons (Fsp3) is 0.250. The minimum absolute atomic E-state index is 0.0622. The van der Waals surface area contributed by atoms with Gasteiger partial charge in [0, 0.05) is 10.4 Å². The third-order valence-electron chi connectivity index (χ3n) is 3.59. The molecule has 2 aromatic carbocycles. The highest BCUT2D eigenvalue weighted by Gasteiger charge is 2.34. The fourth-order valence-corrected chi connectivity index (χ4v) is 2.56. The van der Waals surface area contributed by atoms with Gasteiger partial charge < -0.3 is 10.2 Å². The Morgan fingerprint density at radius 2 is 1.62 bits per heavy atom. The summed E-state index contributed by atoms with van der Waals surface area (Å²) < 4.78 is 27.9. The van der Waals surface area contributed by atoms with Crippen molar-refractivity contribution < 1.29 is 19.0 Å². The van der Waals surface area contributed by atoms with Crippen LogP contribution in [0.25, 0.3) is 0 Å². The van der Waals surface area contributed by atoms with Crippen molar-refractivity contribution in [1.82, 2.24) is 0 Å². The molecule has 0 radical (unpaired) electrons. The average Bonchev–Trinajstić information content (AvgIpc) is 2.49. The van der Waals surface area contributed by atoms with Gasteiger partial charge in [0.05, 0.1) is 13.2 Å². The minimum Gasteiger partial charge on any atom is -0.395 e. The molecule has 2 nitrogen and oxygen atoms in total. The van der Waals surface area contributed by atoms with E-state index in [1.54, 1.807) is 6.07 Å². The maximum atomic E-state index is 14.0. The summed E-state index contributed by atoms with van der Waals surface area (Å²) in [5.74, 6) is -1.06. The van der Waals surface area contributed by atoms with E-state index in [2.05, 4.69) is 0 Å². The summed E-state index contributed by atoms with van der Waals surface area (Å²) in [6, 6.07) is 9.86. The molecule has 0 aliphatic carbocycles. The summed E-state index contributed by atoms with van der Waals surface area (Å²) >= 11 is 5.84. The van der Waals surface area contributed by atoms with E-state index < -0.39 is 30.3 Å². The average molecular weight is 313 g/mol. The van der Waals surface area contributed by atoms with E-state index in [9.17, 15) is 19.0 Å². The first-order chi connectivity index (χ1) is 10.0. The smallest absolute Gasteiger partial charge is 0.127 e. The Balaban J connectivity index is 2.48. The summed E-state index contributed by atoms with van der Waals surface area (Å²) in [7, 11) is 0. The molecule has 0 spiro atoms. The van der Waals surface area contributed by atoms with E-state index in [-0.39, 0.29) is 17.5 Å². The van der Waals surface area contributed by atoms with Crippen LogP contribution in [0.5, 0.6) is 0 Å². The largest absolute Gasteiger partial charge is 0.395 e. The third kappa shape index (κ3) is 3.23. The van der Waals surface area contributed by atoms with Gasteiger partial charge in [-0.25, -0.2) is 8.78 Å². The lowest BCUT2D eigenvalue weighted by atomic mass is 9.76. The van der Waals surface area contributed by atoms with Crippen molar-refractivity contribution in [3.63, 3.8) is 0 Å². The van der Waals surface area contributed by atoms with Crippen LogP contribution in [0.4, 0.5) is 8.78 Å². The van der Waals surface area contributed by atoms with E-state index in [0.717, 1.165) is 0 Å². The first-order valence-electron chi connectivity index (χ1n) is 6.43. The molecule has 0 fully saturated rings. The van der Waals surface area contributed by atoms with Crippen molar-refractivity contribution in [2.24, 2.45) is 0 Å². The minimum atomic E-state index is -1.31. The van der Waals surface area contributed by atoms with Crippen LogP contribution in [0.3, 0.4) is 0 Å². The summed E-state index contributed by atoms with van der Waals surface area (Å²) in [5.41, 5.74) is -0.945. The van der Waals surface area contributed by atoms with Gasteiger partial charge in [-0.05, 0) is 41.8 Å². The Morgan fingerprint density at radius 1 is 0.952 bits per heavy atom. The van der Waals surface area contributed by atoms with Crippen LogP contribution >= 0.6 is 11.6 Å². The SMILES string of the molecule is OCC(CO)(Cc1cc(Cl)ccc1F)c1ccccc1F. The molecule has 112 valence electrons. The Morgan fingerprint density at radius 3 is 2.24 bits per heavy atom. The van der Waals surface area contributed by atoms with Crippen molar-refractivity contribution in [2.75, 3.05) is 13.2 Å². The maximum Gasteiger partial charge on any atom is 0.127 e. The molecule has 0 bridgehead atoms. The molecule has 0 aliphatic heterocycles. The molecule has 0 unspecified atom stereocenters. The standard InChI is InChI=1S/C16H15ClF2O2/c17-12-5-6-14(18)11(7-12)8-16(9-20,10-21)13-3-1-2-4-15(13)19/h1-7,20-21H,8-10H2. The molecule has 2 rings (SSSR count). The fourth-order valence-electron chi connectivity index (χ4n) is 2.36. The van der Waals surface area contributed by atoms with E-state index in [4.69, 9.17) is 11.6 Å². The van der Waals surface area contributed by atoms with Gasteiger partial charge in [0.25, 0.3) is 0 Å². The summed E-state index contributed by atoms with van der Waals surface area (Å²) in [5, 5.41) is 19.7. The zero-order chi connectivity index (χ0) is 15.5. The molecule has 0 amide bonds. The number of aliphatic hydroxyl groups is 2. The van der Waals surface area contributed by atoms with Gasteiger partial charge in [-0.15, -0.1) is 0 Å². The molecule has 5 heteroatoms. The molecule has 0 saturated heterocycles. The highest BCUT2D eigenvalue weighted by atomic mass is 35.5. The highest BCUT2D eigenvalue weighted by Crippen LogP contribution is 2.31. The van der Waals surface area contributed by atoms with Crippen molar-refractivity contribution in [3.8, 4) is 0 Å². The zero-order valence-electron chi connectivity index (χ0n) is 11.2. The number of halogens is 3. The van der Waals surface area contributed by atoms with Crippen LogP contribution in [0.1, 0.15) is 11.1 Å². The summed E-state index contributed by atoms with van der Waals surface area (Å²) in [4.78, 5) is 0. The first kappa shape index (κ1) is 15.9. The van der Waals surface area contributed by atoms with Gasteiger partial charge in [-0.3, -0.25) is 0 Å². The van der Waals surface area contributed by atoms with Gasteiger partial charge in [0.15, 0.2) is 0 Å². The second-order valence-electron chi connectivity index (χ2n) is 4.99. The van der Waals surface area contributed by atoms with Gasteiger partial charge in [-0.2, -0.15) is 0 Å². The van der Waals surface area contributed by atoms with Crippen LogP contribution in [0.2, 0.25) is 5.02 Å². The second kappa shape index (κ2) is 6.52. The van der Waals surface area contributed by atoms with E-state index >= 15 is 0 Å². The Kier molecular flexibility index (Phi) is 4.93. The number of aliphatic hydroxyl groups excluding tert-OH is 2. The lowest BCUT2D eigenvalue weighted by Gasteiger charge is -2.31. The second-order valence-corrected chi connectivity index (χ2v) is 5.43. The van der Waals surface area contributed by atoms with Crippen LogP contribution in [0, 0.1) is 11.6 Å². The quantitative estimate of drug-likeness (QED) is 0.891. The van der Waals surface area contributed by atoms with Crippen LogP contribution in [0.15, 0.2) is 42.5 Å². The third-order valence-corrected chi connectivity index (χ3v) is 3.82. The van der Waals surface area contributed by atoms with Crippen molar-refractivity contribution in [2.45, 2.75) is 11.8 Å². The Bertz CT molecular complexity index is 627. The predicted molar refractivity (Wildman–Crippen MR) is 77.4 cm³/mol. The summed E-state index contributed by atoms with van der Waals surface area (Å²) in [6.45, 7) is -1.03. The van der Waals surface area contributed by atoms with Crippen LogP contribution in [-0.4, -0.2) is 23.4 Å². The van der Waals surface area contributed by atoms with Crippen molar-refractivity contribution >= 4 is 11.6 Å². The molecule has 0 atom stereocenters. The molecule has 0 aromatic heterocycles. The lowest BCUT2D eigenvalue weighted by Crippen LogP contribution is -2.38. The van der Waals surface area contributed by atoms with Crippen molar-refractivity contribution in [1.29, 1.82) is 0 Å². The molecule has 2 aromatic rings. The molecule has 0 heterocycles. The van der Waals surface area contributed by atoms with Crippen LogP contribution in [-0.2, 0) is 11.8 Å². The normalized spacial score (nSPS) is 11.7. The van der Waals surface area contributed by atoms with E-state index in [1.165, 1.54) is 36.4 Å². The van der Waals surface area contributed by atoms with Gasteiger partial charge in [0.2, 0.25) is 0 Å². The van der Waals surface area contributed by atoms with Crippen LogP contribution < -0.4 is 0 Å². The predicted octanol–water partition coefficient (Wildman–Crippen LogP) is 3.08. The molecular weight excluding hydrogens is 298 g/mol. The van der Waals surface area contributed by atoms with E-state index in [1.807, 2.05) is 0 Å². The van der Waals surface area contributed by atoms with Crippen molar-refractivity contribution in [3.05, 3.63) is 70.2 Å². The highest BCUT2D eigenvalue weighted by molar-refractivity contribution is 6.30. The molecular formula is C16H15ClF2O2.